The van der Waals surface area contributed by atoms with Crippen molar-refractivity contribution in [1.82, 2.24) is 0 Å². The number of carbonyl (C=O) groups excluding carboxylic acids is 2. The molecule has 0 saturated carbocycles. The number of esters is 1. The van der Waals surface area contributed by atoms with Gasteiger partial charge >= 0.3 is 5.97 Å². The number of rotatable bonds is 8. The van der Waals surface area contributed by atoms with E-state index in [4.69, 9.17) is 4.74 Å². The van der Waals surface area contributed by atoms with Crippen LogP contribution < -0.4 is 5.32 Å². The molecule has 0 amide bonds. The van der Waals surface area contributed by atoms with Crippen molar-refractivity contribution in [3.63, 3.8) is 0 Å². The first-order valence-electron chi connectivity index (χ1n) is 12.5. The number of para-hydroxylation sites is 1. The Labute approximate surface area is 207 Å². The molecule has 0 aliphatic carbocycles. The molecule has 2 unspecified atom stereocenters. The Morgan fingerprint density at radius 3 is 2.31 bits per heavy atom. The van der Waals surface area contributed by atoms with Gasteiger partial charge in [-0.25, -0.2) is 4.79 Å². The fraction of sp³-hybridized carbons (Fsp3) is 0.333. The van der Waals surface area contributed by atoms with Gasteiger partial charge in [-0.05, 0) is 30.7 Å². The minimum absolute atomic E-state index is 0.168. The van der Waals surface area contributed by atoms with Gasteiger partial charge in [-0.1, -0.05) is 72.3 Å². The Kier molecular flexibility index (Phi) is 6.69. The highest BCUT2D eigenvalue weighted by Gasteiger charge is 2.49. The third-order valence-corrected chi connectivity index (χ3v) is 7.58. The van der Waals surface area contributed by atoms with E-state index in [2.05, 4.69) is 5.32 Å². The van der Waals surface area contributed by atoms with Crippen molar-refractivity contribution >= 4 is 17.4 Å². The lowest BCUT2D eigenvalue weighted by Gasteiger charge is -2.51. The number of aryl methyl sites for hydroxylation is 1. The number of nitrogens with zero attached hydrogens (tertiary/aromatic N) is 1. The first-order chi connectivity index (χ1) is 17.0. The largest absolute Gasteiger partial charge is 0.454 e. The average molecular weight is 470 g/mol. The molecule has 5 heteroatoms. The van der Waals surface area contributed by atoms with Crippen LogP contribution in [0.25, 0.3) is 0 Å². The lowest BCUT2D eigenvalue weighted by Crippen LogP contribution is -2.65. The number of anilines is 1. The van der Waals surface area contributed by atoms with Crippen LogP contribution in [0.4, 0.5) is 5.69 Å². The van der Waals surface area contributed by atoms with Crippen molar-refractivity contribution in [1.29, 1.82) is 0 Å². The molecule has 3 fully saturated rings. The maximum atomic E-state index is 13.5. The molecule has 180 valence electrons. The van der Waals surface area contributed by atoms with Gasteiger partial charge in [0.1, 0.15) is 13.1 Å². The molecule has 3 aromatic carbocycles. The van der Waals surface area contributed by atoms with Gasteiger partial charge in [0.2, 0.25) is 5.78 Å². The number of ketones is 1. The number of hydrogen-bond donors (Lipinski definition) is 1. The summed E-state index contributed by atoms with van der Waals surface area (Å²) in [4.78, 5) is 26.7. The van der Waals surface area contributed by atoms with Crippen molar-refractivity contribution in [3.05, 3.63) is 102 Å². The second-order valence-corrected chi connectivity index (χ2v) is 10.1. The highest BCUT2D eigenvalue weighted by molar-refractivity contribution is 5.97. The number of hydrogen-bond acceptors (Lipinski definition) is 4. The fourth-order valence-electron chi connectivity index (χ4n) is 5.63. The molecule has 3 aliphatic heterocycles. The number of piperidine rings is 3. The Balaban J connectivity index is 1.31. The van der Waals surface area contributed by atoms with Gasteiger partial charge in [-0.15, -0.1) is 0 Å². The van der Waals surface area contributed by atoms with E-state index in [1.807, 2.05) is 91.9 Å². The van der Waals surface area contributed by atoms with Crippen molar-refractivity contribution in [2.75, 3.05) is 31.5 Å². The van der Waals surface area contributed by atoms with Gasteiger partial charge in [0.05, 0.1) is 13.1 Å². The minimum Gasteiger partial charge on any atom is -0.454 e. The number of nitrogens with one attached hydrogen (secondary N) is 1. The second kappa shape index (κ2) is 10.0. The summed E-state index contributed by atoms with van der Waals surface area (Å²) >= 11 is 0. The summed E-state index contributed by atoms with van der Waals surface area (Å²) in [5, 5.41) is 3.36. The van der Waals surface area contributed by atoms with Gasteiger partial charge in [0.15, 0.2) is 12.1 Å². The Bertz CT molecular complexity index is 1170. The summed E-state index contributed by atoms with van der Waals surface area (Å²) in [6, 6.07) is 26.7. The molecule has 3 saturated heterocycles. The molecule has 3 heterocycles. The first kappa shape index (κ1) is 23.3. The van der Waals surface area contributed by atoms with E-state index in [0.29, 0.717) is 23.5 Å². The van der Waals surface area contributed by atoms with Gasteiger partial charge in [-0.2, -0.15) is 0 Å². The van der Waals surface area contributed by atoms with E-state index in [9.17, 15) is 9.59 Å². The van der Waals surface area contributed by atoms with Crippen molar-refractivity contribution in [3.8, 4) is 0 Å². The zero-order chi connectivity index (χ0) is 24.3. The van der Waals surface area contributed by atoms with Crippen LogP contribution in [0.5, 0.6) is 0 Å². The van der Waals surface area contributed by atoms with Crippen LogP contribution in [0.3, 0.4) is 0 Å². The highest BCUT2D eigenvalue weighted by Crippen LogP contribution is 2.36. The monoisotopic (exact) mass is 469 g/mol. The van der Waals surface area contributed by atoms with E-state index < -0.39 is 6.04 Å². The molecule has 0 aromatic heterocycles. The van der Waals surface area contributed by atoms with Crippen LogP contribution in [0.15, 0.2) is 84.9 Å². The van der Waals surface area contributed by atoms with Crippen LogP contribution in [-0.4, -0.2) is 48.5 Å². The predicted octanol–water partition coefficient (Wildman–Crippen LogP) is 5.18. The third-order valence-electron chi connectivity index (χ3n) is 7.58. The highest BCUT2D eigenvalue weighted by atomic mass is 16.5. The quantitative estimate of drug-likeness (QED) is 0.280. The van der Waals surface area contributed by atoms with Crippen LogP contribution >= 0.6 is 0 Å². The molecular formula is C30H33N2O3+. The van der Waals surface area contributed by atoms with Gasteiger partial charge in [-0.3, -0.25) is 4.79 Å². The number of carbonyl (C=O) groups is 2. The lowest BCUT2D eigenvalue weighted by molar-refractivity contribution is -0.938. The molecule has 35 heavy (non-hydrogen) atoms. The van der Waals surface area contributed by atoms with E-state index in [-0.39, 0.29) is 17.9 Å². The number of ether oxygens (including phenoxy) is 1. The molecule has 3 aromatic rings. The summed E-state index contributed by atoms with van der Waals surface area (Å²) < 4.78 is 6.93. The Morgan fingerprint density at radius 1 is 0.943 bits per heavy atom. The Hall–Kier alpha value is -3.44. The maximum absolute atomic E-state index is 13.5. The summed E-state index contributed by atoms with van der Waals surface area (Å²) in [7, 11) is 0. The molecule has 3 aliphatic rings. The Morgan fingerprint density at radius 2 is 1.63 bits per heavy atom. The molecule has 2 atom stereocenters. The van der Waals surface area contributed by atoms with Gasteiger partial charge in [0.25, 0.3) is 0 Å². The topological polar surface area (TPSA) is 55.4 Å². The molecular weight excluding hydrogens is 436 g/mol. The van der Waals surface area contributed by atoms with Crippen LogP contribution in [0.1, 0.15) is 40.4 Å². The van der Waals surface area contributed by atoms with Crippen molar-refractivity contribution in [2.45, 2.75) is 31.9 Å². The normalized spacial score (nSPS) is 23.9. The molecule has 0 radical (unpaired) electrons. The summed E-state index contributed by atoms with van der Waals surface area (Å²) in [6.45, 7) is 5.13. The maximum Gasteiger partial charge on any atom is 0.333 e. The molecule has 0 spiro atoms. The van der Waals surface area contributed by atoms with E-state index in [0.717, 1.165) is 48.3 Å². The molecule has 1 N–H and O–H groups in total. The van der Waals surface area contributed by atoms with E-state index in [1.54, 1.807) is 0 Å². The molecule has 5 nitrogen and oxygen atoms in total. The summed E-state index contributed by atoms with van der Waals surface area (Å²) in [5.41, 5.74) is 3.62. The third kappa shape index (κ3) is 5.30. The predicted molar refractivity (Wildman–Crippen MR) is 137 cm³/mol. The fourth-order valence-corrected chi connectivity index (χ4v) is 5.63. The second-order valence-electron chi connectivity index (χ2n) is 10.1. The number of quaternary nitrogens is 1. The first-order valence-corrected chi connectivity index (χ1v) is 12.5. The molecule has 2 bridgehead atoms. The molecule has 6 rings (SSSR count). The van der Waals surface area contributed by atoms with Crippen LogP contribution in [-0.2, 0) is 9.53 Å². The van der Waals surface area contributed by atoms with Crippen molar-refractivity contribution < 1.29 is 18.8 Å². The van der Waals surface area contributed by atoms with Crippen molar-refractivity contribution in [2.24, 2.45) is 5.92 Å². The van der Waals surface area contributed by atoms with E-state index in [1.165, 1.54) is 0 Å². The standard InChI is InChI=1S/C30H33N2O3/c1-22-9-8-12-25(19-22)27(33)20-32-17-15-23(16-18-32)28(21-32)35-30(34)29(24-10-4-2-5-11-24)31-26-13-6-3-7-14-26/h2-14,19,23,28-29,31H,15-18,20-21H2,1H3/q+1. The number of benzene rings is 3. The van der Waals surface area contributed by atoms with E-state index >= 15 is 0 Å². The van der Waals surface area contributed by atoms with Crippen LogP contribution in [0.2, 0.25) is 0 Å². The zero-order valence-electron chi connectivity index (χ0n) is 20.2. The van der Waals surface area contributed by atoms with Crippen LogP contribution in [0, 0.1) is 12.8 Å². The lowest BCUT2D eigenvalue weighted by atomic mass is 9.82. The van der Waals surface area contributed by atoms with Gasteiger partial charge in [0, 0.05) is 30.0 Å². The summed E-state index contributed by atoms with van der Waals surface area (Å²) in [5.74, 6) is 0.273. The number of fused-ring (bicyclic) bond motifs is 3. The minimum atomic E-state index is -0.587. The smallest absolute Gasteiger partial charge is 0.333 e. The SMILES string of the molecule is Cc1cccc(C(=O)C[N+]23CCC(CC2)C(OC(=O)C(Nc2ccccc2)c2ccccc2)C3)c1. The zero-order valence-corrected chi connectivity index (χ0v) is 20.2. The summed E-state index contributed by atoms with van der Waals surface area (Å²) in [6.07, 6.45) is 1.81. The van der Waals surface area contributed by atoms with Gasteiger partial charge < -0.3 is 14.5 Å². The number of Topliss-reactive ketones (excluding diaryl/α,β-unsaturated/α-hetero) is 1. The average Bonchev–Trinajstić information content (AvgIpc) is 2.89.